The van der Waals surface area contributed by atoms with Crippen molar-refractivity contribution < 1.29 is 17.9 Å². The highest BCUT2D eigenvalue weighted by Crippen LogP contribution is 2.09. The Morgan fingerprint density at radius 1 is 1.35 bits per heavy atom. The van der Waals surface area contributed by atoms with Crippen molar-refractivity contribution in [3.05, 3.63) is 29.6 Å². The van der Waals surface area contributed by atoms with Crippen LogP contribution in [0.25, 0.3) is 0 Å². The van der Waals surface area contributed by atoms with Crippen molar-refractivity contribution in [1.82, 2.24) is 9.88 Å². The topological polar surface area (TPSA) is 76.6 Å². The van der Waals surface area contributed by atoms with Crippen LogP contribution in [0.1, 0.15) is 22.5 Å². The Morgan fingerprint density at radius 3 is 2.80 bits per heavy atom. The molecular weight excluding hydrogens is 280 g/mol. The van der Waals surface area contributed by atoms with Crippen LogP contribution in [0.2, 0.25) is 0 Å². The summed E-state index contributed by atoms with van der Waals surface area (Å²) in [5.74, 6) is 0.0516. The van der Waals surface area contributed by atoms with Crippen molar-refractivity contribution in [1.29, 1.82) is 0 Å². The van der Waals surface area contributed by atoms with Crippen LogP contribution in [0.15, 0.2) is 18.3 Å². The number of ether oxygens (including phenoxy) is 1. The Labute approximate surface area is 118 Å². The van der Waals surface area contributed by atoms with E-state index in [9.17, 15) is 13.2 Å². The molecule has 0 amide bonds. The van der Waals surface area contributed by atoms with E-state index in [1.165, 1.54) is 13.3 Å². The highest BCUT2D eigenvalue weighted by molar-refractivity contribution is 7.91. The second-order valence-corrected chi connectivity index (χ2v) is 7.11. The molecule has 1 saturated heterocycles. The van der Waals surface area contributed by atoms with Crippen LogP contribution in [0, 0.1) is 0 Å². The van der Waals surface area contributed by atoms with E-state index < -0.39 is 15.8 Å². The van der Waals surface area contributed by atoms with Crippen LogP contribution in [-0.4, -0.2) is 56.0 Å². The molecule has 2 rings (SSSR count). The predicted octanol–water partition coefficient (Wildman–Crippen LogP) is 0.489. The first kappa shape index (κ1) is 14.9. The standard InChI is InChI=1S/C13H18N2O4S/c1-19-13(16)11-3-4-12(14-9-11)10-15-5-2-7-20(17,18)8-6-15/h3-4,9H,2,5-8,10H2,1H3. The summed E-state index contributed by atoms with van der Waals surface area (Å²) in [6.07, 6.45) is 2.14. The molecule has 6 nitrogen and oxygen atoms in total. The number of rotatable bonds is 3. The zero-order chi connectivity index (χ0) is 14.6. The van der Waals surface area contributed by atoms with Crippen LogP contribution >= 0.6 is 0 Å². The second-order valence-electron chi connectivity index (χ2n) is 4.81. The largest absolute Gasteiger partial charge is 0.465 e. The van der Waals surface area contributed by atoms with Crippen molar-refractivity contribution >= 4 is 15.8 Å². The summed E-state index contributed by atoms with van der Waals surface area (Å²) in [5, 5.41) is 0. The van der Waals surface area contributed by atoms with E-state index in [0.29, 0.717) is 25.1 Å². The zero-order valence-corrected chi connectivity index (χ0v) is 12.2. The average molecular weight is 298 g/mol. The first-order valence-electron chi connectivity index (χ1n) is 6.46. The van der Waals surface area contributed by atoms with E-state index in [1.54, 1.807) is 12.1 Å². The molecule has 7 heteroatoms. The van der Waals surface area contributed by atoms with Crippen molar-refractivity contribution in [2.24, 2.45) is 0 Å². The number of sulfone groups is 1. The maximum atomic E-state index is 11.5. The molecule has 1 aromatic heterocycles. The lowest BCUT2D eigenvalue weighted by Gasteiger charge is -2.18. The Balaban J connectivity index is 1.98. The van der Waals surface area contributed by atoms with Gasteiger partial charge >= 0.3 is 5.97 Å². The minimum Gasteiger partial charge on any atom is -0.465 e. The lowest BCUT2D eigenvalue weighted by molar-refractivity contribution is 0.0600. The maximum absolute atomic E-state index is 11.5. The number of methoxy groups -OCH3 is 1. The van der Waals surface area contributed by atoms with Gasteiger partial charge in [0.15, 0.2) is 9.84 Å². The molecule has 1 aliphatic heterocycles. The molecule has 0 saturated carbocycles. The van der Waals surface area contributed by atoms with Crippen molar-refractivity contribution in [3.8, 4) is 0 Å². The fourth-order valence-electron chi connectivity index (χ4n) is 2.13. The molecule has 0 N–H and O–H groups in total. The van der Waals surface area contributed by atoms with Gasteiger partial charge in [0.25, 0.3) is 0 Å². The van der Waals surface area contributed by atoms with Crippen molar-refractivity contribution in [2.45, 2.75) is 13.0 Å². The highest BCUT2D eigenvalue weighted by atomic mass is 32.2. The number of pyridine rings is 1. The van der Waals surface area contributed by atoms with E-state index >= 15 is 0 Å². The van der Waals surface area contributed by atoms with Gasteiger partial charge in [0.2, 0.25) is 0 Å². The number of carbonyl (C=O) groups is 1. The molecule has 2 heterocycles. The lowest BCUT2D eigenvalue weighted by Crippen LogP contribution is -2.27. The molecule has 110 valence electrons. The number of nitrogens with zero attached hydrogens (tertiary/aromatic N) is 2. The molecule has 0 unspecified atom stereocenters. The molecule has 0 bridgehead atoms. The minimum atomic E-state index is -2.89. The Bertz CT molecular complexity index is 569. The van der Waals surface area contributed by atoms with Crippen molar-refractivity contribution in [3.63, 3.8) is 0 Å². The fourth-order valence-corrected chi connectivity index (χ4v) is 3.44. The molecule has 0 aliphatic carbocycles. The van der Waals surface area contributed by atoms with Gasteiger partial charge in [-0.05, 0) is 25.1 Å². The molecular formula is C13H18N2O4S. The SMILES string of the molecule is COC(=O)c1ccc(CN2CCCS(=O)(=O)CC2)nc1. The Morgan fingerprint density at radius 2 is 2.15 bits per heavy atom. The zero-order valence-electron chi connectivity index (χ0n) is 11.4. The third-order valence-corrected chi connectivity index (χ3v) is 4.99. The fraction of sp³-hybridized carbons (Fsp3) is 0.538. The smallest absolute Gasteiger partial charge is 0.339 e. The Kier molecular flexibility index (Phi) is 4.72. The van der Waals surface area contributed by atoms with Crippen LogP contribution in [0.4, 0.5) is 0 Å². The molecule has 1 aromatic rings. The van der Waals surface area contributed by atoms with E-state index in [-0.39, 0.29) is 11.5 Å². The molecule has 0 atom stereocenters. The Hall–Kier alpha value is -1.47. The van der Waals surface area contributed by atoms with Crippen LogP contribution in [0.5, 0.6) is 0 Å². The van der Waals surface area contributed by atoms with Crippen molar-refractivity contribution in [2.75, 3.05) is 31.7 Å². The maximum Gasteiger partial charge on any atom is 0.339 e. The molecule has 1 fully saturated rings. The van der Waals surface area contributed by atoms with E-state index in [2.05, 4.69) is 14.6 Å². The lowest BCUT2D eigenvalue weighted by atomic mass is 10.2. The number of aromatic nitrogens is 1. The monoisotopic (exact) mass is 298 g/mol. The minimum absolute atomic E-state index is 0.202. The molecule has 0 spiro atoms. The number of esters is 1. The third kappa shape index (κ3) is 4.01. The molecule has 20 heavy (non-hydrogen) atoms. The van der Waals surface area contributed by atoms with Gasteiger partial charge < -0.3 is 4.74 Å². The average Bonchev–Trinajstić information content (AvgIpc) is 2.60. The summed E-state index contributed by atoms with van der Waals surface area (Å²) >= 11 is 0. The van der Waals surface area contributed by atoms with Gasteiger partial charge in [-0.25, -0.2) is 13.2 Å². The summed E-state index contributed by atoms with van der Waals surface area (Å²) in [5.41, 5.74) is 1.23. The normalized spacial score (nSPS) is 19.2. The third-order valence-electron chi connectivity index (χ3n) is 3.28. The van der Waals surface area contributed by atoms with Gasteiger partial charge in [-0.15, -0.1) is 0 Å². The van der Waals surface area contributed by atoms with Gasteiger partial charge in [-0.1, -0.05) is 0 Å². The van der Waals surface area contributed by atoms with E-state index in [1.807, 2.05) is 0 Å². The predicted molar refractivity (Wildman–Crippen MR) is 74.1 cm³/mol. The first-order valence-corrected chi connectivity index (χ1v) is 8.28. The molecule has 1 aliphatic rings. The summed E-state index contributed by atoms with van der Waals surface area (Å²) in [6, 6.07) is 3.44. The van der Waals surface area contributed by atoms with Gasteiger partial charge in [0, 0.05) is 19.3 Å². The van der Waals surface area contributed by atoms with Gasteiger partial charge in [-0.3, -0.25) is 9.88 Å². The number of hydrogen-bond donors (Lipinski definition) is 0. The van der Waals surface area contributed by atoms with E-state index in [4.69, 9.17) is 0 Å². The second kappa shape index (κ2) is 6.32. The first-order chi connectivity index (χ1) is 9.50. The number of hydrogen-bond acceptors (Lipinski definition) is 6. The molecule has 0 aromatic carbocycles. The molecule has 0 radical (unpaired) electrons. The van der Waals surface area contributed by atoms with E-state index in [0.717, 1.165) is 12.2 Å². The summed E-state index contributed by atoms with van der Waals surface area (Å²) in [6.45, 7) is 1.87. The quantitative estimate of drug-likeness (QED) is 0.756. The van der Waals surface area contributed by atoms with Gasteiger partial charge in [0.1, 0.15) is 0 Å². The van der Waals surface area contributed by atoms with Crippen LogP contribution < -0.4 is 0 Å². The summed E-state index contributed by atoms with van der Waals surface area (Å²) in [7, 11) is -1.56. The van der Waals surface area contributed by atoms with Gasteiger partial charge in [-0.2, -0.15) is 0 Å². The highest BCUT2D eigenvalue weighted by Gasteiger charge is 2.19. The number of carbonyl (C=O) groups excluding carboxylic acids is 1. The van der Waals surface area contributed by atoms with Crippen LogP contribution in [-0.2, 0) is 21.1 Å². The van der Waals surface area contributed by atoms with Crippen LogP contribution in [0.3, 0.4) is 0 Å². The van der Waals surface area contributed by atoms with Gasteiger partial charge in [0.05, 0.1) is 29.9 Å². The summed E-state index contributed by atoms with van der Waals surface area (Å²) in [4.78, 5) is 17.6. The summed E-state index contributed by atoms with van der Waals surface area (Å²) < 4.78 is 27.7.